The van der Waals surface area contributed by atoms with Crippen LogP contribution in [-0.4, -0.2) is 77.6 Å². The number of carbonyl (C=O) groups is 2. The van der Waals surface area contributed by atoms with Gasteiger partial charge >= 0.3 is 0 Å². The number of thiophene rings is 1. The minimum atomic E-state index is -1.17. The highest BCUT2D eigenvalue weighted by molar-refractivity contribution is 7.18. The molecule has 2 atom stereocenters. The van der Waals surface area contributed by atoms with Gasteiger partial charge < -0.3 is 19.5 Å². The number of nitrogens with zero attached hydrogens (tertiary/aromatic N) is 6. The molecule has 0 spiro atoms. The molecule has 1 N–H and O–H groups in total. The fourth-order valence-corrected chi connectivity index (χ4v) is 8.46. The van der Waals surface area contributed by atoms with Crippen molar-refractivity contribution < 1.29 is 19.1 Å². The summed E-state index contributed by atoms with van der Waals surface area (Å²) in [4.78, 5) is 53.0. The molecule has 0 aliphatic carbocycles. The molecule has 13 heteroatoms. The van der Waals surface area contributed by atoms with Gasteiger partial charge in [0.05, 0.1) is 17.5 Å². The van der Waals surface area contributed by atoms with Crippen LogP contribution in [0.1, 0.15) is 46.1 Å². The van der Waals surface area contributed by atoms with Gasteiger partial charge in [0.15, 0.2) is 5.82 Å². The SMILES string of the molecule is Cc1ccc(-c2c(Cl)sc(C(=O)N3CC[C@@H](C(=O)N4CCC(O)(Cn5cnc6c(ccn6C)c5=O)CC4)[C@H](c4ccccc4)C3)c2F)cn1. The number of benzene rings is 1. The van der Waals surface area contributed by atoms with Crippen LogP contribution in [0.25, 0.3) is 22.2 Å². The van der Waals surface area contributed by atoms with E-state index in [2.05, 4.69) is 9.97 Å². The van der Waals surface area contributed by atoms with Crippen LogP contribution in [0.15, 0.2) is 72.0 Å². The molecular weight excluding hydrogens is 667 g/mol. The first-order valence-corrected chi connectivity index (χ1v) is 17.5. The van der Waals surface area contributed by atoms with E-state index in [1.165, 1.54) is 10.9 Å². The fourth-order valence-electron chi connectivity index (χ4n) is 7.14. The van der Waals surface area contributed by atoms with Crippen LogP contribution in [0.5, 0.6) is 0 Å². The first kappa shape index (κ1) is 33.1. The zero-order valence-electron chi connectivity index (χ0n) is 27.2. The topological polar surface area (TPSA) is 114 Å². The van der Waals surface area contributed by atoms with Crippen molar-refractivity contribution in [3.05, 3.63) is 104 Å². The lowest BCUT2D eigenvalue weighted by Gasteiger charge is -2.43. The molecule has 7 rings (SSSR count). The summed E-state index contributed by atoms with van der Waals surface area (Å²) in [7, 11) is 1.82. The zero-order valence-corrected chi connectivity index (χ0v) is 28.8. The Labute approximate surface area is 291 Å². The van der Waals surface area contributed by atoms with Gasteiger partial charge in [-0.15, -0.1) is 11.3 Å². The summed E-state index contributed by atoms with van der Waals surface area (Å²) in [5, 5.41) is 12.0. The second kappa shape index (κ2) is 13.1. The Hall–Kier alpha value is -4.39. The minimum absolute atomic E-state index is 0.0351. The number of hydrogen-bond acceptors (Lipinski definition) is 7. The molecular formula is C36H36ClFN6O4S. The lowest BCUT2D eigenvalue weighted by atomic mass is 9.79. The van der Waals surface area contributed by atoms with Gasteiger partial charge in [-0.25, -0.2) is 9.37 Å². The Bertz CT molecular complexity index is 2090. The molecule has 0 unspecified atom stereocenters. The lowest BCUT2D eigenvalue weighted by molar-refractivity contribution is -0.142. The Morgan fingerprint density at radius 3 is 2.53 bits per heavy atom. The molecule has 2 aliphatic heterocycles. The highest BCUT2D eigenvalue weighted by Crippen LogP contribution is 2.41. The molecule has 2 amide bonds. The normalized spacial score (nSPS) is 19.4. The van der Waals surface area contributed by atoms with Gasteiger partial charge in [-0.2, -0.15) is 0 Å². The Morgan fingerprint density at radius 2 is 1.82 bits per heavy atom. The third kappa shape index (κ3) is 6.28. The molecule has 5 aromatic rings. The van der Waals surface area contributed by atoms with E-state index in [-0.39, 0.29) is 51.8 Å². The van der Waals surface area contributed by atoms with Gasteiger partial charge in [0.25, 0.3) is 11.5 Å². The van der Waals surface area contributed by atoms with Gasteiger partial charge in [-0.1, -0.05) is 48.0 Å². The van der Waals surface area contributed by atoms with Crippen LogP contribution in [0, 0.1) is 18.7 Å². The van der Waals surface area contributed by atoms with Crippen LogP contribution >= 0.6 is 22.9 Å². The van der Waals surface area contributed by atoms with Crippen LogP contribution in [0.3, 0.4) is 0 Å². The number of hydrogen-bond donors (Lipinski definition) is 1. The summed E-state index contributed by atoms with van der Waals surface area (Å²) in [6.07, 6.45) is 5.81. The number of aryl methyl sites for hydroxylation is 2. The molecule has 10 nitrogen and oxygen atoms in total. The van der Waals surface area contributed by atoms with E-state index >= 15 is 4.39 Å². The standard InChI is InChI=1S/C36H36ClFN6O4S/c1-22-8-9-24(18-39-22)28-29(38)30(49-31(28)37)35(47)43-15-11-25(27(19-43)23-6-4-3-5-7-23)33(45)42-16-12-36(48,13-17-42)20-44-21-40-32-26(34(44)46)10-14-41(32)2/h3-10,14,18,21,25,27,48H,11-13,15-17,19-20H2,1-2H3/t25-,27+/m1/s1. The number of piperidine rings is 2. The summed E-state index contributed by atoms with van der Waals surface area (Å²) in [5.74, 6) is -1.87. The van der Waals surface area contributed by atoms with Crippen molar-refractivity contribution in [2.24, 2.45) is 13.0 Å². The molecule has 2 aliphatic rings. The maximum absolute atomic E-state index is 15.8. The van der Waals surface area contributed by atoms with Crippen LogP contribution in [-0.2, 0) is 18.4 Å². The number of halogens is 2. The zero-order chi connectivity index (χ0) is 34.4. The monoisotopic (exact) mass is 702 g/mol. The third-order valence-corrected chi connectivity index (χ3v) is 11.3. The Morgan fingerprint density at radius 1 is 1.06 bits per heavy atom. The number of pyridine rings is 1. The molecule has 2 fully saturated rings. The molecule has 49 heavy (non-hydrogen) atoms. The quantitative estimate of drug-likeness (QED) is 0.259. The van der Waals surface area contributed by atoms with Crippen LogP contribution in [0.4, 0.5) is 4.39 Å². The first-order valence-electron chi connectivity index (χ1n) is 16.3. The van der Waals surface area contributed by atoms with Gasteiger partial charge in [-0.05, 0) is 43.9 Å². The Balaban J connectivity index is 1.06. The number of rotatable bonds is 6. The van der Waals surface area contributed by atoms with Gasteiger partial charge in [-0.3, -0.25) is 23.9 Å². The van der Waals surface area contributed by atoms with E-state index in [1.807, 2.05) is 44.3 Å². The van der Waals surface area contributed by atoms with Crippen molar-refractivity contribution in [3.63, 3.8) is 0 Å². The number of likely N-dealkylation sites (tertiary alicyclic amines) is 2. The van der Waals surface area contributed by atoms with Gasteiger partial charge in [0.1, 0.15) is 21.2 Å². The number of fused-ring (bicyclic) bond motifs is 1. The molecule has 0 radical (unpaired) electrons. The van der Waals surface area contributed by atoms with E-state index in [1.54, 1.807) is 45.0 Å². The number of aliphatic hydroxyl groups is 1. The minimum Gasteiger partial charge on any atom is -0.388 e. The highest BCUT2D eigenvalue weighted by Gasteiger charge is 2.42. The third-order valence-electron chi connectivity index (χ3n) is 9.97. The van der Waals surface area contributed by atoms with Crippen molar-refractivity contribution in [1.29, 1.82) is 0 Å². The Kier molecular flexibility index (Phi) is 8.89. The summed E-state index contributed by atoms with van der Waals surface area (Å²) in [6, 6.07) is 14.8. The smallest absolute Gasteiger partial charge is 0.267 e. The molecule has 2 saturated heterocycles. The summed E-state index contributed by atoms with van der Waals surface area (Å²) >= 11 is 7.39. The largest absolute Gasteiger partial charge is 0.388 e. The molecule has 0 saturated carbocycles. The number of amides is 2. The predicted octanol–water partition coefficient (Wildman–Crippen LogP) is 5.26. The maximum Gasteiger partial charge on any atom is 0.267 e. The van der Waals surface area contributed by atoms with Crippen LogP contribution in [0.2, 0.25) is 4.34 Å². The maximum atomic E-state index is 15.8. The highest BCUT2D eigenvalue weighted by atomic mass is 35.5. The molecule has 6 heterocycles. The summed E-state index contributed by atoms with van der Waals surface area (Å²) < 4.78 is 19.2. The van der Waals surface area contributed by atoms with Crippen molar-refractivity contribution in [1.82, 2.24) is 28.9 Å². The average molecular weight is 703 g/mol. The van der Waals surface area contributed by atoms with Gasteiger partial charge in [0, 0.05) is 74.3 Å². The molecule has 1 aromatic carbocycles. The predicted molar refractivity (Wildman–Crippen MR) is 186 cm³/mol. The molecule has 254 valence electrons. The van der Waals surface area contributed by atoms with E-state index in [4.69, 9.17) is 11.6 Å². The van der Waals surface area contributed by atoms with Crippen molar-refractivity contribution in [3.8, 4) is 11.1 Å². The number of carbonyl (C=O) groups excluding carboxylic acids is 2. The number of aromatic nitrogens is 4. The van der Waals surface area contributed by atoms with Crippen molar-refractivity contribution >= 4 is 45.8 Å². The molecule has 0 bridgehead atoms. The summed E-state index contributed by atoms with van der Waals surface area (Å²) in [6.45, 7) is 3.12. The van der Waals surface area contributed by atoms with Crippen LogP contribution < -0.4 is 5.56 Å². The van der Waals surface area contributed by atoms with E-state index in [9.17, 15) is 19.5 Å². The van der Waals surface area contributed by atoms with E-state index < -0.39 is 23.2 Å². The molecule has 4 aromatic heterocycles. The fraction of sp³-hybridized carbons (Fsp3) is 0.361. The van der Waals surface area contributed by atoms with Crippen molar-refractivity contribution in [2.45, 2.75) is 44.2 Å². The second-order valence-corrected chi connectivity index (χ2v) is 14.8. The van der Waals surface area contributed by atoms with E-state index in [0.717, 1.165) is 22.6 Å². The average Bonchev–Trinajstić information content (AvgIpc) is 3.64. The summed E-state index contributed by atoms with van der Waals surface area (Å²) in [5.41, 5.74) is 1.58. The van der Waals surface area contributed by atoms with E-state index in [0.29, 0.717) is 48.9 Å². The van der Waals surface area contributed by atoms with Gasteiger partial charge in [0.2, 0.25) is 5.91 Å². The second-order valence-electron chi connectivity index (χ2n) is 13.1. The van der Waals surface area contributed by atoms with Crippen molar-refractivity contribution in [2.75, 3.05) is 26.2 Å². The lowest BCUT2D eigenvalue weighted by Crippen LogP contribution is -2.53. The first-order chi connectivity index (χ1) is 23.5.